The summed E-state index contributed by atoms with van der Waals surface area (Å²) in [4.78, 5) is 27.0. The third-order valence-corrected chi connectivity index (χ3v) is 6.44. The molecule has 8 nitrogen and oxygen atoms in total. The van der Waals surface area contributed by atoms with Crippen LogP contribution in [-0.4, -0.2) is 45.4 Å². The van der Waals surface area contributed by atoms with Crippen LogP contribution in [-0.2, 0) is 11.3 Å². The maximum absolute atomic E-state index is 13.5. The van der Waals surface area contributed by atoms with Crippen LogP contribution in [0.2, 0.25) is 0 Å². The van der Waals surface area contributed by atoms with Gasteiger partial charge in [-0.1, -0.05) is 30.3 Å². The van der Waals surface area contributed by atoms with Crippen molar-refractivity contribution >= 4 is 17.6 Å². The molecule has 2 unspecified atom stereocenters. The zero-order valence-corrected chi connectivity index (χ0v) is 21.0. The second-order valence-electron chi connectivity index (χ2n) is 9.14. The summed E-state index contributed by atoms with van der Waals surface area (Å²) in [5, 5.41) is 19.9. The Morgan fingerprint density at radius 2 is 1.97 bits per heavy atom. The molecule has 37 heavy (non-hydrogen) atoms. The van der Waals surface area contributed by atoms with E-state index < -0.39 is 11.9 Å². The Morgan fingerprint density at radius 3 is 2.65 bits per heavy atom. The van der Waals surface area contributed by atoms with Crippen molar-refractivity contribution in [1.82, 2.24) is 20.0 Å². The highest BCUT2D eigenvalue weighted by atomic mass is 19.1. The maximum atomic E-state index is 13.5. The van der Waals surface area contributed by atoms with Gasteiger partial charge < -0.3 is 20.6 Å². The number of benzene rings is 2. The highest BCUT2D eigenvalue weighted by Gasteiger charge is 2.30. The number of anilines is 1. The fourth-order valence-electron chi connectivity index (χ4n) is 4.13. The Bertz CT molecular complexity index is 1360. The smallest absolute Gasteiger partial charge is 0.321 e. The Kier molecular flexibility index (Phi) is 7.54. The lowest BCUT2D eigenvalue weighted by Gasteiger charge is -2.30. The van der Waals surface area contributed by atoms with E-state index in [1.807, 2.05) is 42.8 Å². The van der Waals surface area contributed by atoms with Crippen molar-refractivity contribution in [2.24, 2.45) is 5.92 Å². The van der Waals surface area contributed by atoms with Gasteiger partial charge in [-0.25, -0.2) is 9.18 Å². The first-order chi connectivity index (χ1) is 17.7. The monoisotopic (exact) mass is 503 g/mol. The SMILES string of the molecule is C=CC(CO)Cn1nc(-c2ccc(C)c(NC(=O)C3=CN(C)C(=O)NC3c3ccc(F)cc3)c2)cc1C. The molecule has 3 amide bonds. The normalized spacial score (nSPS) is 16.1. The molecule has 192 valence electrons. The van der Waals surface area contributed by atoms with Crippen molar-refractivity contribution in [2.75, 3.05) is 19.0 Å². The molecule has 2 aromatic carbocycles. The van der Waals surface area contributed by atoms with E-state index >= 15 is 0 Å². The lowest BCUT2D eigenvalue weighted by atomic mass is 9.97. The largest absolute Gasteiger partial charge is 0.396 e. The van der Waals surface area contributed by atoms with E-state index in [4.69, 9.17) is 0 Å². The second-order valence-corrected chi connectivity index (χ2v) is 9.14. The van der Waals surface area contributed by atoms with Crippen LogP contribution in [0, 0.1) is 25.6 Å². The van der Waals surface area contributed by atoms with Crippen LogP contribution in [0.25, 0.3) is 11.3 Å². The van der Waals surface area contributed by atoms with Crippen LogP contribution in [0.3, 0.4) is 0 Å². The molecule has 0 saturated carbocycles. The summed E-state index contributed by atoms with van der Waals surface area (Å²) in [6.45, 7) is 8.10. The van der Waals surface area contributed by atoms with Gasteiger partial charge in [0.05, 0.1) is 23.9 Å². The van der Waals surface area contributed by atoms with Crippen LogP contribution >= 0.6 is 0 Å². The molecule has 1 aromatic heterocycles. The summed E-state index contributed by atoms with van der Waals surface area (Å²) >= 11 is 0. The van der Waals surface area contributed by atoms with Gasteiger partial charge in [-0.05, 0) is 49.2 Å². The predicted octanol–water partition coefficient (Wildman–Crippen LogP) is 4.32. The van der Waals surface area contributed by atoms with Gasteiger partial charge in [0.15, 0.2) is 0 Å². The Hall–Kier alpha value is -4.24. The van der Waals surface area contributed by atoms with Crippen molar-refractivity contribution in [3.05, 3.63) is 95.6 Å². The van der Waals surface area contributed by atoms with Crippen LogP contribution in [0.5, 0.6) is 0 Å². The second kappa shape index (κ2) is 10.8. The molecule has 3 N–H and O–H groups in total. The highest BCUT2D eigenvalue weighted by Crippen LogP contribution is 2.30. The molecular formula is C28H30FN5O3. The predicted molar refractivity (Wildman–Crippen MR) is 140 cm³/mol. The topological polar surface area (TPSA) is 99.5 Å². The molecule has 2 heterocycles. The number of hydrogen-bond donors (Lipinski definition) is 3. The Morgan fingerprint density at radius 1 is 1.24 bits per heavy atom. The van der Waals surface area contributed by atoms with E-state index in [1.54, 1.807) is 25.3 Å². The molecule has 0 bridgehead atoms. The van der Waals surface area contributed by atoms with Crippen molar-refractivity contribution in [1.29, 1.82) is 0 Å². The van der Waals surface area contributed by atoms with Gasteiger partial charge in [-0.2, -0.15) is 5.10 Å². The van der Waals surface area contributed by atoms with Gasteiger partial charge in [0, 0.05) is 42.7 Å². The Balaban J connectivity index is 1.61. The zero-order chi connectivity index (χ0) is 26.7. The standard InChI is InChI=1S/C28H30FN5O3/c1-5-19(16-35)14-34-18(3)12-25(32-34)21-7-6-17(2)24(13-21)30-27(36)23-15-33(4)28(37)31-26(23)20-8-10-22(29)11-9-20/h5-13,15,19,26,35H,1,14,16H2,2-4H3,(H,30,36)(H,31,37). The van der Waals surface area contributed by atoms with Gasteiger partial charge in [0.1, 0.15) is 5.82 Å². The summed E-state index contributed by atoms with van der Waals surface area (Å²) in [5.41, 5.74) is 4.87. The number of aliphatic hydroxyl groups excluding tert-OH is 1. The number of carbonyl (C=O) groups excluding carboxylic acids is 2. The average molecular weight is 504 g/mol. The number of nitrogens with one attached hydrogen (secondary N) is 2. The molecule has 0 aliphatic carbocycles. The first-order valence-corrected chi connectivity index (χ1v) is 11.9. The van der Waals surface area contributed by atoms with Crippen LogP contribution in [0.15, 0.2) is 73.0 Å². The van der Waals surface area contributed by atoms with Crippen LogP contribution < -0.4 is 10.6 Å². The van der Waals surface area contributed by atoms with E-state index in [2.05, 4.69) is 22.3 Å². The number of nitrogens with zero attached hydrogens (tertiary/aromatic N) is 3. The molecule has 2 atom stereocenters. The summed E-state index contributed by atoms with van der Waals surface area (Å²) < 4.78 is 15.3. The lowest BCUT2D eigenvalue weighted by molar-refractivity contribution is -0.113. The number of aryl methyl sites for hydroxylation is 2. The molecule has 3 aromatic rings. The van der Waals surface area contributed by atoms with E-state index in [1.165, 1.54) is 23.2 Å². The van der Waals surface area contributed by atoms with E-state index in [-0.39, 0.29) is 24.5 Å². The fraction of sp³-hybridized carbons (Fsp3) is 0.250. The molecule has 9 heteroatoms. The molecular weight excluding hydrogens is 473 g/mol. The summed E-state index contributed by atoms with van der Waals surface area (Å²) in [7, 11) is 1.56. The first kappa shape index (κ1) is 25.8. The minimum absolute atomic E-state index is 0.0107. The summed E-state index contributed by atoms with van der Waals surface area (Å²) in [6, 6.07) is 12.2. The van der Waals surface area contributed by atoms with Crippen molar-refractivity contribution in [2.45, 2.75) is 26.4 Å². The number of carbonyl (C=O) groups is 2. The quantitative estimate of drug-likeness (QED) is 0.399. The third kappa shape index (κ3) is 5.62. The van der Waals surface area contributed by atoms with Gasteiger partial charge in [-0.15, -0.1) is 6.58 Å². The molecule has 0 fully saturated rings. The number of rotatable bonds is 8. The number of amides is 3. The number of aromatic nitrogens is 2. The fourth-order valence-corrected chi connectivity index (χ4v) is 4.13. The molecule has 0 radical (unpaired) electrons. The van der Waals surface area contributed by atoms with E-state index in [0.29, 0.717) is 23.4 Å². The minimum Gasteiger partial charge on any atom is -0.396 e. The summed E-state index contributed by atoms with van der Waals surface area (Å²) in [6.07, 6.45) is 3.20. The number of aliphatic hydroxyl groups is 1. The van der Waals surface area contributed by atoms with Crippen molar-refractivity contribution < 1.29 is 19.1 Å². The number of halogens is 1. The van der Waals surface area contributed by atoms with Crippen LogP contribution in [0.4, 0.5) is 14.9 Å². The van der Waals surface area contributed by atoms with E-state index in [9.17, 15) is 19.1 Å². The minimum atomic E-state index is -0.726. The molecule has 0 spiro atoms. The highest BCUT2D eigenvalue weighted by molar-refractivity contribution is 6.06. The Labute approximate surface area is 215 Å². The number of hydrogen-bond acceptors (Lipinski definition) is 4. The lowest BCUT2D eigenvalue weighted by Crippen LogP contribution is -2.44. The van der Waals surface area contributed by atoms with E-state index in [0.717, 1.165) is 22.5 Å². The average Bonchev–Trinajstić information content (AvgIpc) is 3.25. The molecule has 4 rings (SSSR count). The van der Waals surface area contributed by atoms with Gasteiger partial charge in [-0.3, -0.25) is 9.48 Å². The van der Waals surface area contributed by atoms with Crippen molar-refractivity contribution in [3.63, 3.8) is 0 Å². The molecule has 0 saturated heterocycles. The first-order valence-electron chi connectivity index (χ1n) is 11.9. The molecule has 1 aliphatic rings. The zero-order valence-electron chi connectivity index (χ0n) is 21.0. The van der Waals surface area contributed by atoms with Crippen molar-refractivity contribution in [3.8, 4) is 11.3 Å². The molecule has 1 aliphatic heterocycles. The van der Waals surface area contributed by atoms with Crippen LogP contribution in [0.1, 0.15) is 22.9 Å². The van der Waals surface area contributed by atoms with Gasteiger partial charge in [0.25, 0.3) is 5.91 Å². The third-order valence-electron chi connectivity index (χ3n) is 6.44. The maximum Gasteiger partial charge on any atom is 0.321 e. The number of urea groups is 1. The summed E-state index contributed by atoms with van der Waals surface area (Å²) in [5.74, 6) is -0.893. The van der Waals surface area contributed by atoms with Gasteiger partial charge >= 0.3 is 6.03 Å². The van der Waals surface area contributed by atoms with Gasteiger partial charge in [0.2, 0.25) is 0 Å².